The third kappa shape index (κ3) is 2.50. The third-order valence-electron chi connectivity index (χ3n) is 3.72. The minimum absolute atomic E-state index is 0.00611. The minimum atomic E-state index is -0.00611. The van der Waals surface area contributed by atoms with Crippen molar-refractivity contribution in [3.8, 4) is 11.6 Å². The van der Waals surface area contributed by atoms with Gasteiger partial charge in [-0.05, 0) is 16.3 Å². The maximum Gasteiger partial charge on any atom is 0.240 e. The van der Waals surface area contributed by atoms with Crippen LogP contribution in [0.4, 0.5) is 0 Å². The number of aromatic nitrogens is 6. The van der Waals surface area contributed by atoms with Crippen LogP contribution in [0.3, 0.4) is 0 Å². The van der Waals surface area contributed by atoms with Crippen LogP contribution < -0.4 is 0 Å². The van der Waals surface area contributed by atoms with Gasteiger partial charge in [0.15, 0.2) is 5.82 Å². The molecule has 0 spiro atoms. The first-order chi connectivity index (χ1) is 11.4. The second-order valence-corrected chi connectivity index (χ2v) is 5.12. The molecule has 0 saturated heterocycles. The molecule has 0 fully saturated rings. The van der Waals surface area contributed by atoms with Crippen LogP contribution in [-0.2, 0) is 0 Å². The summed E-state index contributed by atoms with van der Waals surface area (Å²) < 4.78 is 2.06. The molecule has 1 N–H and O–H groups in total. The van der Waals surface area contributed by atoms with E-state index in [0.29, 0.717) is 11.6 Å². The van der Waals surface area contributed by atoms with Gasteiger partial charge in [0.25, 0.3) is 0 Å². The number of aromatic amines is 1. The van der Waals surface area contributed by atoms with Crippen LogP contribution in [0, 0.1) is 0 Å². The molecule has 0 saturated carbocycles. The van der Waals surface area contributed by atoms with Crippen LogP contribution in [0.2, 0.25) is 0 Å². The predicted octanol–water partition coefficient (Wildman–Crippen LogP) is 2.70. The van der Waals surface area contributed by atoms with Crippen LogP contribution in [-0.4, -0.2) is 30.2 Å². The summed E-state index contributed by atoms with van der Waals surface area (Å²) in [6.45, 7) is 0. The van der Waals surface area contributed by atoms with E-state index >= 15 is 0 Å². The van der Waals surface area contributed by atoms with E-state index in [0.717, 1.165) is 0 Å². The summed E-state index contributed by atoms with van der Waals surface area (Å²) in [5, 5.41) is 14.2. The van der Waals surface area contributed by atoms with Gasteiger partial charge in [0.1, 0.15) is 0 Å². The van der Waals surface area contributed by atoms with Gasteiger partial charge < -0.3 is 4.57 Å². The van der Waals surface area contributed by atoms with E-state index < -0.39 is 0 Å². The predicted molar refractivity (Wildman–Crippen MR) is 85.5 cm³/mol. The highest BCUT2D eigenvalue weighted by molar-refractivity contribution is 5.45. The Balaban J connectivity index is 1.89. The Morgan fingerprint density at radius 1 is 0.870 bits per heavy atom. The van der Waals surface area contributed by atoms with Crippen molar-refractivity contribution in [2.75, 3.05) is 0 Å². The molecule has 0 atom stereocenters. The van der Waals surface area contributed by atoms with Gasteiger partial charge in [-0.3, -0.25) is 0 Å². The fourth-order valence-corrected chi connectivity index (χ4v) is 2.74. The summed E-state index contributed by atoms with van der Waals surface area (Å²) in [7, 11) is 0. The number of hydrogen-bond donors (Lipinski definition) is 1. The van der Waals surface area contributed by atoms with Gasteiger partial charge in [0, 0.05) is 12.4 Å². The first-order valence-electron chi connectivity index (χ1n) is 7.30. The lowest BCUT2D eigenvalue weighted by Crippen LogP contribution is -2.13. The SMILES string of the molecule is c1ccc(C(c2ccccc2)n2ccnc2-c2nn[nH]n2)cc1. The average molecular weight is 302 g/mol. The van der Waals surface area contributed by atoms with E-state index in [1.54, 1.807) is 6.20 Å². The molecular weight excluding hydrogens is 288 g/mol. The van der Waals surface area contributed by atoms with Gasteiger partial charge in [-0.2, -0.15) is 5.21 Å². The number of rotatable bonds is 4. The Morgan fingerprint density at radius 3 is 2.09 bits per heavy atom. The van der Waals surface area contributed by atoms with E-state index in [1.165, 1.54) is 11.1 Å². The fourth-order valence-electron chi connectivity index (χ4n) is 2.74. The van der Waals surface area contributed by atoms with Gasteiger partial charge in [-0.1, -0.05) is 60.7 Å². The first kappa shape index (κ1) is 13.4. The molecule has 6 nitrogen and oxygen atoms in total. The molecule has 4 rings (SSSR count). The molecule has 0 unspecified atom stereocenters. The Morgan fingerprint density at radius 2 is 1.52 bits per heavy atom. The van der Waals surface area contributed by atoms with E-state index in [2.05, 4.69) is 54.4 Å². The van der Waals surface area contributed by atoms with E-state index in [1.807, 2.05) is 42.6 Å². The van der Waals surface area contributed by atoms with Crippen molar-refractivity contribution < 1.29 is 0 Å². The summed E-state index contributed by atoms with van der Waals surface area (Å²) in [6.07, 6.45) is 3.70. The van der Waals surface area contributed by atoms with Gasteiger partial charge in [0.2, 0.25) is 5.82 Å². The summed E-state index contributed by atoms with van der Waals surface area (Å²) >= 11 is 0. The molecule has 6 heteroatoms. The molecule has 0 bridgehead atoms. The van der Waals surface area contributed by atoms with Crippen LogP contribution in [0.5, 0.6) is 0 Å². The number of nitrogens with one attached hydrogen (secondary N) is 1. The van der Waals surface area contributed by atoms with Crippen molar-refractivity contribution in [2.24, 2.45) is 0 Å². The highest BCUT2D eigenvalue weighted by Crippen LogP contribution is 2.29. The van der Waals surface area contributed by atoms with Crippen molar-refractivity contribution in [2.45, 2.75) is 6.04 Å². The topological polar surface area (TPSA) is 72.3 Å². The number of benzene rings is 2. The maximum atomic E-state index is 4.41. The second-order valence-electron chi connectivity index (χ2n) is 5.12. The van der Waals surface area contributed by atoms with E-state index in [4.69, 9.17) is 0 Å². The van der Waals surface area contributed by atoms with Crippen LogP contribution in [0.1, 0.15) is 17.2 Å². The standard InChI is InChI=1S/C17H14N6/c1-3-7-13(8-4-1)15(14-9-5-2-6-10-14)23-12-11-18-17(23)16-19-21-22-20-16/h1-12,15H,(H,19,20,21,22). The van der Waals surface area contributed by atoms with E-state index in [-0.39, 0.29) is 6.04 Å². The molecule has 0 amide bonds. The molecule has 0 aliphatic rings. The third-order valence-corrected chi connectivity index (χ3v) is 3.72. The molecule has 4 aromatic rings. The van der Waals surface area contributed by atoms with Gasteiger partial charge in [0.05, 0.1) is 6.04 Å². The van der Waals surface area contributed by atoms with Crippen molar-refractivity contribution >= 4 is 0 Å². The molecule has 0 radical (unpaired) electrons. The Labute approximate surface area is 132 Å². The lowest BCUT2D eigenvalue weighted by atomic mass is 9.98. The highest BCUT2D eigenvalue weighted by Gasteiger charge is 2.21. The first-order valence-corrected chi connectivity index (χ1v) is 7.30. The summed E-state index contributed by atoms with van der Waals surface area (Å²) in [6, 6.07) is 20.6. The van der Waals surface area contributed by atoms with Gasteiger partial charge in [-0.15, -0.1) is 10.2 Å². The van der Waals surface area contributed by atoms with E-state index in [9.17, 15) is 0 Å². The molecule has 112 valence electrons. The fraction of sp³-hybridized carbons (Fsp3) is 0.0588. The van der Waals surface area contributed by atoms with Crippen LogP contribution in [0.25, 0.3) is 11.6 Å². The smallest absolute Gasteiger partial charge is 0.240 e. The van der Waals surface area contributed by atoms with Crippen molar-refractivity contribution in [3.63, 3.8) is 0 Å². The lowest BCUT2D eigenvalue weighted by Gasteiger charge is -2.21. The van der Waals surface area contributed by atoms with Crippen molar-refractivity contribution in [1.29, 1.82) is 0 Å². The quantitative estimate of drug-likeness (QED) is 0.629. The molecular formula is C17H14N6. The number of H-pyrrole nitrogens is 1. The van der Waals surface area contributed by atoms with Crippen molar-refractivity contribution in [1.82, 2.24) is 30.2 Å². The van der Waals surface area contributed by atoms with Gasteiger partial charge >= 0.3 is 0 Å². The highest BCUT2D eigenvalue weighted by atomic mass is 15.5. The van der Waals surface area contributed by atoms with Crippen molar-refractivity contribution in [3.05, 3.63) is 84.2 Å². The molecule has 2 aromatic heterocycles. The zero-order chi connectivity index (χ0) is 15.5. The van der Waals surface area contributed by atoms with Gasteiger partial charge in [-0.25, -0.2) is 4.98 Å². The average Bonchev–Trinajstić information content (AvgIpc) is 3.28. The van der Waals surface area contributed by atoms with Crippen LogP contribution in [0.15, 0.2) is 73.1 Å². The normalized spacial score (nSPS) is 11.0. The Bertz CT molecular complexity index is 828. The zero-order valence-electron chi connectivity index (χ0n) is 12.2. The summed E-state index contributed by atoms with van der Waals surface area (Å²) in [5.41, 5.74) is 2.34. The largest absolute Gasteiger partial charge is 0.317 e. The molecule has 0 aliphatic carbocycles. The number of imidazole rings is 1. The molecule has 23 heavy (non-hydrogen) atoms. The Kier molecular flexibility index (Phi) is 3.40. The Hall–Kier alpha value is -3.28. The summed E-state index contributed by atoms with van der Waals surface area (Å²) in [5.74, 6) is 1.16. The molecule has 2 aromatic carbocycles. The zero-order valence-corrected chi connectivity index (χ0v) is 12.2. The lowest BCUT2D eigenvalue weighted by molar-refractivity contribution is 0.681. The van der Waals surface area contributed by atoms with Crippen LogP contribution >= 0.6 is 0 Å². The monoisotopic (exact) mass is 302 g/mol. The number of tetrazole rings is 1. The number of nitrogens with zero attached hydrogens (tertiary/aromatic N) is 5. The minimum Gasteiger partial charge on any atom is -0.317 e. The molecule has 2 heterocycles. The number of hydrogen-bond acceptors (Lipinski definition) is 4. The second kappa shape index (κ2) is 5.84. The summed E-state index contributed by atoms with van der Waals surface area (Å²) in [4.78, 5) is 4.41. The molecule has 0 aliphatic heterocycles. The maximum absolute atomic E-state index is 4.41.